The van der Waals surface area contributed by atoms with Crippen molar-refractivity contribution in [3.05, 3.63) is 41.2 Å². The highest BCUT2D eigenvalue weighted by molar-refractivity contribution is 5.22. The summed E-state index contributed by atoms with van der Waals surface area (Å²) in [6.45, 7) is -1.65. The third-order valence-electron chi connectivity index (χ3n) is 4.01. The summed E-state index contributed by atoms with van der Waals surface area (Å²) in [7, 11) is 0. The number of hydrogen-bond donors (Lipinski definition) is 0. The quantitative estimate of drug-likeness (QED) is 0.234. The molecule has 0 heterocycles. The normalized spacial score (nSPS) is 15.7. The van der Waals surface area contributed by atoms with E-state index in [1.54, 1.807) is 5.32 Å². The van der Waals surface area contributed by atoms with Gasteiger partial charge in [0, 0.05) is 0 Å². The first-order chi connectivity index (χ1) is 14.3. The summed E-state index contributed by atoms with van der Waals surface area (Å²) in [5.41, 5.74) is -0.454. The summed E-state index contributed by atoms with van der Waals surface area (Å²) >= 11 is 0. The Kier molecular flexibility index (Phi) is 7.07. The predicted octanol–water partition coefficient (Wildman–Crippen LogP) is 7.53. The van der Waals surface area contributed by atoms with E-state index in [0.717, 1.165) is 24.3 Å². The maximum Gasteiger partial charge on any atom is 0.460 e. The van der Waals surface area contributed by atoms with E-state index in [1.165, 1.54) is 6.07 Å². The van der Waals surface area contributed by atoms with Crippen LogP contribution >= 0.6 is 0 Å². The van der Waals surface area contributed by atoms with Crippen LogP contribution in [0.5, 0.6) is 0 Å². The Morgan fingerprint density at radius 3 is 1.15 bits per heavy atom. The minimum atomic E-state index is -8.64. The second-order valence-electron chi connectivity index (χ2n) is 6.29. The molecule has 1 nitrogen and oxygen atoms in total. The first-order valence-electron chi connectivity index (χ1n) is 7.77. The van der Waals surface area contributed by atoms with Crippen LogP contribution in [0, 0.1) is 0 Å². The molecule has 0 fully saturated rings. The van der Waals surface area contributed by atoms with Gasteiger partial charge in [-0.15, -0.1) is 6.54 Å². The van der Waals surface area contributed by atoms with Crippen molar-refractivity contribution in [1.82, 2.24) is 0 Å². The van der Waals surface area contributed by atoms with Gasteiger partial charge >= 0.3 is 41.7 Å². The average Bonchev–Trinajstić information content (AvgIpc) is 2.65. The lowest BCUT2D eigenvalue weighted by Crippen LogP contribution is -2.74. The lowest BCUT2D eigenvalue weighted by Gasteiger charge is -2.46. The Labute approximate surface area is 171 Å². The Morgan fingerprint density at radius 1 is 0.455 bits per heavy atom. The minimum absolute atomic E-state index is 0.454. The molecule has 0 atom stereocenters. The van der Waals surface area contributed by atoms with Crippen molar-refractivity contribution < 1.29 is 74.6 Å². The molecule has 1 aromatic carbocycles. The topological polar surface area (TPSA) is 14.1 Å². The van der Waals surface area contributed by atoms with Gasteiger partial charge in [0.1, 0.15) is 0 Å². The Balaban J connectivity index is 3.46. The van der Waals surface area contributed by atoms with Gasteiger partial charge in [0.05, 0.1) is 0 Å². The van der Waals surface area contributed by atoms with Crippen LogP contribution < -0.4 is 0 Å². The fourth-order valence-electron chi connectivity index (χ4n) is 2.03. The standard InChI is InChI=1S/C15H7F17N/c16-8(17,10(20,21)12(24,25)14(28,29)30)9(18,19)11(22,23)13(26,27)15(31,32)33-6-7-4-2-1-3-5-7/h1-5H,6H2/q-1. The smallest absolute Gasteiger partial charge is 0.460 e. The van der Waals surface area contributed by atoms with Crippen LogP contribution in [0.3, 0.4) is 0 Å². The SMILES string of the molecule is FC(F)(F)C(F)(F)C(F)(F)C(F)(F)C(F)(F)C(F)(F)C(F)(F)C(F)(F)[N-]Cc1ccccc1. The Hall–Kier alpha value is -2.01. The molecule has 0 aliphatic heterocycles. The molecule has 33 heavy (non-hydrogen) atoms. The molecule has 192 valence electrons. The predicted molar refractivity (Wildman–Crippen MR) is 74.2 cm³/mol. The highest BCUT2D eigenvalue weighted by Crippen LogP contribution is 2.64. The van der Waals surface area contributed by atoms with Crippen molar-refractivity contribution in [2.24, 2.45) is 0 Å². The van der Waals surface area contributed by atoms with Crippen LogP contribution in [-0.4, -0.2) is 47.8 Å². The van der Waals surface area contributed by atoms with Crippen LogP contribution in [0.1, 0.15) is 5.56 Å². The number of alkyl halides is 17. The summed E-state index contributed by atoms with van der Waals surface area (Å²) < 4.78 is 222. The van der Waals surface area contributed by atoms with Crippen molar-refractivity contribution in [3.8, 4) is 0 Å². The molecule has 0 radical (unpaired) electrons. The summed E-state index contributed by atoms with van der Waals surface area (Å²) in [6, 6.07) is -1.66. The molecule has 0 aliphatic rings. The molecule has 0 aliphatic carbocycles. The molecular formula is C15H7F17N-. The number of benzene rings is 1. The van der Waals surface area contributed by atoms with Crippen LogP contribution in [0.2, 0.25) is 0 Å². The molecule has 0 saturated carbocycles. The van der Waals surface area contributed by atoms with Crippen molar-refractivity contribution in [2.45, 2.75) is 54.3 Å². The van der Waals surface area contributed by atoms with Gasteiger partial charge in [-0.25, -0.2) is 8.78 Å². The molecule has 0 N–H and O–H groups in total. The molecule has 0 aromatic heterocycles. The van der Waals surface area contributed by atoms with E-state index >= 15 is 0 Å². The molecule has 0 spiro atoms. The summed E-state index contributed by atoms with van der Waals surface area (Å²) in [5.74, 6) is -50.0. The fourth-order valence-corrected chi connectivity index (χ4v) is 2.03. The van der Waals surface area contributed by atoms with Crippen LogP contribution in [-0.2, 0) is 6.54 Å². The largest absolute Gasteiger partial charge is 0.591 e. The maximum absolute atomic E-state index is 13.6. The van der Waals surface area contributed by atoms with E-state index in [1.807, 2.05) is 0 Å². The van der Waals surface area contributed by atoms with E-state index in [-0.39, 0.29) is 0 Å². The van der Waals surface area contributed by atoms with Gasteiger partial charge in [0.2, 0.25) is 6.05 Å². The van der Waals surface area contributed by atoms with E-state index in [4.69, 9.17) is 0 Å². The fraction of sp³-hybridized carbons (Fsp3) is 0.600. The van der Waals surface area contributed by atoms with Crippen molar-refractivity contribution in [1.29, 1.82) is 0 Å². The third kappa shape index (κ3) is 4.18. The Bertz CT molecular complexity index is 811. The van der Waals surface area contributed by atoms with Crippen molar-refractivity contribution in [2.75, 3.05) is 0 Å². The van der Waals surface area contributed by atoms with Gasteiger partial charge in [0.15, 0.2) is 0 Å². The molecule has 1 rings (SSSR count). The number of hydrogen-bond acceptors (Lipinski definition) is 0. The minimum Gasteiger partial charge on any atom is -0.591 e. The lowest BCUT2D eigenvalue weighted by molar-refractivity contribution is -0.460. The van der Waals surface area contributed by atoms with E-state index in [0.29, 0.717) is 0 Å². The van der Waals surface area contributed by atoms with E-state index < -0.39 is 59.9 Å². The highest BCUT2D eigenvalue weighted by atomic mass is 19.4. The highest BCUT2D eigenvalue weighted by Gasteiger charge is 2.94. The lowest BCUT2D eigenvalue weighted by atomic mass is 9.90. The zero-order chi connectivity index (χ0) is 26.5. The number of nitrogens with zero attached hydrogens (tertiary/aromatic N) is 1. The van der Waals surface area contributed by atoms with Gasteiger partial charge in [-0.3, -0.25) is 0 Å². The molecule has 0 saturated heterocycles. The maximum atomic E-state index is 13.6. The molecule has 18 heteroatoms. The number of rotatable bonds is 9. The number of halogens is 17. The molecular weight excluding hydrogens is 517 g/mol. The van der Waals surface area contributed by atoms with Gasteiger partial charge < -0.3 is 5.32 Å². The van der Waals surface area contributed by atoms with Crippen LogP contribution in [0.25, 0.3) is 5.32 Å². The zero-order valence-electron chi connectivity index (χ0n) is 15.0. The molecule has 0 bridgehead atoms. The van der Waals surface area contributed by atoms with Gasteiger partial charge in [0.25, 0.3) is 0 Å². The first kappa shape index (κ1) is 29.0. The molecule has 1 aromatic rings. The van der Waals surface area contributed by atoms with Crippen molar-refractivity contribution in [3.63, 3.8) is 0 Å². The van der Waals surface area contributed by atoms with Crippen molar-refractivity contribution >= 4 is 0 Å². The Morgan fingerprint density at radius 2 is 0.788 bits per heavy atom. The summed E-state index contributed by atoms with van der Waals surface area (Å²) in [6.07, 6.45) is -7.78. The summed E-state index contributed by atoms with van der Waals surface area (Å²) in [5, 5.41) is 1.65. The summed E-state index contributed by atoms with van der Waals surface area (Å²) in [4.78, 5) is 0. The second-order valence-corrected chi connectivity index (χ2v) is 6.29. The first-order valence-corrected chi connectivity index (χ1v) is 7.77. The average molecular weight is 524 g/mol. The molecule has 0 amide bonds. The van der Waals surface area contributed by atoms with Crippen LogP contribution in [0.15, 0.2) is 30.3 Å². The van der Waals surface area contributed by atoms with E-state index in [9.17, 15) is 74.6 Å². The van der Waals surface area contributed by atoms with Gasteiger partial charge in [-0.1, -0.05) is 35.9 Å². The third-order valence-corrected chi connectivity index (χ3v) is 4.01. The zero-order valence-corrected chi connectivity index (χ0v) is 15.0. The van der Waals surface area contributed by atoms with E-state index in [2.05, 4.69) is 0 Å². The van der Waals surface area contributed by atoms with Crippen LogP contribution in [0.4, 0.5) is 74.6 Å². The monoisotopic (exact) mass is 524 g/mol. The molecule has 0 unspecified atom stereocenters. The second kappa shape index (κ2) is 8.04. The van der Waals surface area contributed by atoms with Gasteiger partial charge in [-0.05, 0) is 0 Å². The van der Waals surface area contributed by atoms with Gasteiger partial charge in [-0.2, -0.15) is 65.9 Å².